The minimum atomic E-state index is -0.539. The summed E-state index contributed by atoms with van der Waals surface area (Å²) < 4.78 is 10.8. The van der Waals surface area contributed by atoms with Crippen molar-refractivity contribution in [3.63, 3.8) is 0 Å². The molecule has 3 N–H and O–H groups in total. The number of likely N-dealkylation sites (tertiary alicyclic amines) is 1. The largest absolute Gasteiger partial charge is 0.493 e. The van der Waals surface area contributed by atoms with Crippen LogP contribution in [0.2, 0.25) is 0 Å². The first-order valence-corrected chi connectivity index (χ1v) is 16.8. The van der Waals surface area contributed by atoms with Gasteiger partial charge in [0.25, 0.3) is 0 Å². The van der Waals surface area contributed by atoms with Gasteiger partial charge in [-0.05, 0) is 73.7 Å². The van der Waals surface area contributed by atoms with E-state index in [1.165, 1.54) is 11.9 Å². The third-order valence-corrected chi connectivity index (χ3v) is 10.00. The SMILES string of the molecule is CN=CN=C(N)c1ccc(C2=CCN(C(=O)CN3CC[C@]4(CCN(c5ccc(C)c(C(=N)c6ccc(OC)c(OC)c6)n5)C4=O)C3)CC2)cc1. The highest BCUT2D eigenvalue weighted by Gasteiger charge is 2.51. The first kappa shape index (κ1) is 34.5. The number of nitrogens with zero attached hydrogens (tertiary/aromatic N) is 6. The van der Waals surface area contributed by atoms with Gasteiger partial charge in [0.1, 0.15) is 18.0 Å². The normalized spacial score (nSPS) is 19.8. The van der Waals surface area contributed by atoms with Crippen molar-refractivity contribution in [3.8, 4) is 11.5 Å². The number of ether oxygens (including phenoxy) is 2. The van der Waals surface area contributed by atoms with Crippen molar-refractivity contribution in [2.75, 3.05) is 65.4 Å². The Kier molecular flexibility index (Phi) is 10.1. The van der Waals surface area contributed by atoms with Crippen LogP contribution in [-0.2, 0) is 9.59 Å². The quantitative estimate of drug-likeness (QED) is 0.244. The Morgan fingerprint density at radius 2 is 1.76 bits per heavy atom. The molecular formula is C38H44N8O4. The first-order valence-electron chi connectivity index (χ1n) is 16.8. The molecule has 50 heavy (non-hydrogen) atoms. The number of carbonyl (C=O) groups is 2. The number of hydrogen-bond acceptors (Lipinski definition) is 8. The number of amidine groups is 1. The molecule has 1 aromatic heterocycles. The van der Waals surface area contributed by atoms with E-state index in [0.29, 0.717) is 86.5 Å². The molecule has 3 aliphatic rings. The number of amides is 2. The molecule has 0 unspecified atom stereocenters. The van der Waals surface area contributed by atoms with Crippen LogP contribution >= 0.6 is 0 Å². The fourth-order valence-corrected chi connectivity index (χ4v) is 7.06. The summed E-state index contributed by atoms with van der Waals surface area (Å²) in [5.74, 6) is 2.19. The monoisotopic (exact) mass is 676 g/mol. The van der Waals surface area contributed by atoms with Crippen molar-refractivity contribution in [1.82, 2.24) is 14.8 Å². The van der Waals surface area contributed by atoms with Crippen LogP contribution in [-0.4, -0.2) is 105 Å². The van der Waals surface area contributed by atoms with Gasteiger partial charge in [-0.2, -0.15) is 0 Å². The van der Waals surface area contributed by atoms with Gasteiger partial charge in [0.05, 0.1) is 37.6 Å². The molecule has 0 saturated carbocycles. The van der Waals surface area contributed by atoms with Crippen LogP contribution in [0.5, 0.6) is 11.5 Å². The number of nitrogens with one attached hydrogen (secondary N) is 1. The number of rotatable bonds is 10. The molecule has 2 amide bonds. The topological polar surface area (TPSA) is 150 Å². The minimum Gasteiger partial charge on any atom is -0.493 e. The van der Waals surface area contributed by atoms with Crippen molar-refractivity contribution in [3.05, 3.63) is 88.6 Å². The summed E-state index contributed by atoms with van der Waals surface area (Å²) in [6.45, 7) is 5.20. The van der Waals surface area contributed by atoms with Crippen LogP contribution < -0.4 is 20.1 Å². The van der Waals surface area contributed by atoms with Gasteiger partial charge in [0.15, 0.2) is 11.5 Å². The van der Waals surface area contributed by atoms with Crippen LogP contribution in [0.25, 0.3) is 5.57 Å². The van der Waals surface area contributed by atoms with Crippen LogP contribution in [0.3, 0.4) is 0 Å². The summed E-state index contributed by atoms with van der Waals surface area (Å²) in [4.78, 5) is 45.9. The average molecular weight is 677 g/mol. The van der Waals surface area contributed by atoms with Gasteiger partial charge in [0.2, 0.25) is 11.8 Å². The summed E-state index contributed by atoms with van der Waals surface area (Å²) in [7, 11) is 4.78. The molecular weight excluding hydrogens is 632 g/mol. The summed E-state index contributed by atoms with van der Waals surface area (Å²) in [5, 5.41) is 8.94. The van der Waals surface area contributed by atoms with E-state index in [1.54, 1.807) is 44.4 Å². The highest BCUT2D eigenvalue weighted by molar-refractivity contribution is 6.11. The van der Waals surface area contributed by atoms with Crippen LogP contribution in [0, 0.1) is 17.7 Å². The Balaban J connectivity index is 1.06. The molecule has 3 aromatic rings. The number of aliphatic imine (C=N–C) groups is 2. The Bertz CT molecular complexity index is 1890. The van der Waals surface area contributed by atoms with E-state index in [-0.39, 0.29) is 17.5 Å². The minimum absolute atomic E-state index is 0.0375. The third-order valence-electron chi connectivity index (χ3n) is 10.00. The van der Waals surface area contributed by atoms with Crippen molar-refractivity contribution < 1.29 is 19.1 Å². The fraction of sp³-hybridized carbons (Fsp3) is 0.368. The Labute approximate surface area is 292 Å². The smallest absolute Gasteiger partial charge is 0.237 e. The fourth-order valence-electron chi connectivity index (χ4n) is 7.06. The lowest BCUT2D eigenvalue weighted by Gasteiger charge is -2.29. The number of anilines is 1. The van der Waals surface area contributed by atoms with E-state index in [4.69, 9.17) is 25.6 Å². The average Bonchev–Trinajstić information content (AvgIpc) is 3.71. The van der Waals surface area contributed by atoms with Crippen molar-refractivity contribution >= 4 is 41.1 Å². The molecule has 260 valence electrons. The van der Waals surface area contributed by atoms with E-state index < -0.39 is 5.41 Å². The van der Waals surface area contributed by atoms with Crippen LogP contribution in [0.1, 0.15) is 47.2 Å². The van der Waals surface area contributed by atoms with Crippen molar-refractivity contribution in [1.29, 1.82) is 5.41 Å². The number of pyridine rings is 1. The summed E-state index contributed by atoms with van der Waals surface area (Å²) in [6.07, 6.45) is 5.72. The highest BCUT2D eigenvalue weighted by Crippen LogP contribution is 2.42. The molecule has 4 heterocycles. The third kappa shape index (κ3) is 6.88. The molecule has 6 rings (SSSR count). The number of aromatic nitrogens is 1. The molecule has 12 nitrogen and oxygen atoms in total. The van der Waals surface area contributed by atoms with E-state index in [0.717, 1.165) is 23.1 Å². The Hall–Kier alpha value is -5.36. The molecule has 0 bridgehead atoms. The lowest BCUT2D eigenvalue weighted by molar-refractivity contribution is -0.132. The maximum absolute atomic E-state index is 14.0. The van der Waals surface area contributed by atoms with Crippen LogP contribution in [0.4, 0.5) is 5.82 Å². The number of methoxy groups -OCH3 is 2. The molecule has 1 spiro atoms. The highest BCUT2D eigenvalue weighted by atomic mass is 16.5. The van der Waals surface area contributed by atoms with Crippen molar-refractivity contribution in [2.24, 2.45) is 21.1 Å². The predicted molar refractivity (Wildman–Crippen MR) is 196 cm³/mol. The van der Waals surface area contributed by atoms with Crippen LogP contribution in [0.15, 0.2) is 70.7 Å². The number of hydrogen-bond donors (Lipinski definition) is 2. The standard InChI is InChI=1S/C38H44N8O4/c1-25-5-12-32(43-35(25)34(39)29-10-11-30(49-3)31(21-29)50-4)46-20-16-38(37(46)48)15-19-44(23-38)22-33(47)45-17-13-27(14-18-45)26-6-8-28(9-7-26)36(40)42-24-41-2/h5-13,21,24,39H,14-20,22-23H2,1-4H3,(H2,40,41,42)/t38-/m0/s1. The molecule has 3 aliphatic heterocycles. The molecule has 12 heteroatoms. The lowest BCUT2D eigenvalue weighted by Crippen LogP contribution is -2.43. The number of benzene rings is 2. The zero-order valence-electron chi connectivity index (χ0n) is 29.1. The molecule has 2 fully saturated rings. The summed E-state index contributed by atoms with van der Waals surface area (Å²) in [5.41, 5.74) is 10.9. The van der Waals surface area contributed by atoms with Crippen molar-refractivity contribution in [2.45, 2.75) is 26.2 Å². The predicted octanol–water partition coefficient (Wildman–Crippen LogP) is 3.93. The summed E-state index contributed by atoms with van der Waals surface area (Å²) >= 11 is 0. The lowest BCUT2D eigenvalue weighted by atomic mass is 9.85. The van der Waals surface area contributed by atoms with E-state index in [1.807, 2.05) is 48.2 Å². The van der Waals surface area contributed by atoms with Gasteiger partial charge < -0.3 is 20.1 Å². The van der Waals surface area contributed by atoms with Gasteiger partial charge in [0, 0.05) is 44.4 Å². The second kappa shape index (κ2) is 14.6. The van der Waals surface area contributed by atoms with Gasteiger partial charge in [-0.15, -0.1) is 0 Å². The van der Waals surface area contributed by atoms with Gasteiger partial charge in [-0.3, -0.25) is 29.8 Å². The molecule has 2 aromatic carbocycles. The maximum atomic E-state index is 14.0. The number of aryl methyl sites for hydroxylation is 1. The van der Waals surface area contributed by atoms with Gasteiger partial charge >= 0.3 is 0 Å². The van der Waals surface area contributed by atoms with E-state index >= 15 is 0 Å². The molecule has 0 aliphatic carbocycles. The van der Waals surface area contributed by atoms with E-state index in [9.17, 15) is 9.59 Å². The van der Waals surface area contributed by atoms with E-state index in [2.05, 4.69) is 21.0 Å². The second-order valence-electron chi connectivity index (χ2n) is 13.0. The number of nitrogens with two attached hydrogens (primary N) is 1. The number of carbonyl (C=O) groups excluding carboxylic acids is 2. The molecule has 0 radical (unpaired) electrons. The first-order chi connectivity index (χ1) is 24.2. The zero-order valence-corrected chi connectivity index (χ0v) is 29.1. The van der Waals surface area contributed by atoms with Gasteiger partial charge in [-0.25, -0.2) is 9.98 Å². The second-order valence-corrected chi connectivity index (χ2v) is 13.0. The molecule has 2 saturated heterocycles. The zero-order chi connectivity index (χ0) is 35.4. The van der Waals surface area contributed by atoms with Gasteiger partial charge in [-0.1, -0.05) is 36.4 Å². The Morgan fingerprint density at radius 1 is 1.02 bits per heavy atom. The summed E-state index contributed by atoms with van der Waals surface area (Å²) in [6, 6.07) is 17.1. The molecule has 1 atom stereocenters. The Morgan fingerprint density at radius 3 is 2.46 bits per heavy atom. The maximum Gasteiger partial charge on any atom is 0.237 e.